The van der Waals surface area contributed by atoms with E-state index in [-0.39, 0.29) is 0 Å². The molecule has 2 aromatic carbocycles. The summed E-state index contributed by atoms with van der Waals surface area (Å²) in [7, 11) is 0. The summed E-state index contributed by atoms with van der Waals surface area (Å²) in [6.45, 7) is 1.95. The van der Waals surface area contributed by atoms with E-state index in [1.165, 1.54) is 0 Å². The van der Waals surface area contributed by atoms with E-state index in [4.69, 9.17) is 11.6 Å². The average molecular weight is 247 g/mol. The maximum absolute atomic E-state index is 10.1. The van der Waals surface area contributed by atoms with Gasteiger partial charge in [-0.25, -0.2) is 0 Å². The first kappa shape index (κ1) is 12.2. The van der Waals surface area contributed by atoms with E-state index in [0.717, 1.165) is 21.7 Å². The van der Waals surface area contributed by atoms with Crippen molar-refractivity contribution in [1.29, 1.82) is 0 Å². The van der Waals surface area contributed by atoms with Crippen LogP contribution < -0.4 is 0 Å². The van der Waals surface area contributed by atoms with E-state index in [9.17, 15) is 5.11 Å². The van der Waals surface area contributed by atoms with Crippen LogP contribution in [-0.4, -0.2) is 5.11 Å². The lowest BCUT2D eigenvalue weighted by Crippen LogP contribution is -2.02. The molecular formula is C15H15ClO. The van der Waals surface area contributed by atoms with Crippen LogP contribution >= 0.6 is 11.6 Å². The number of halogens is 1. The SMILES string of the molecule is Cc1cc(C(O)Cc2ccccc2)ccc1Cl. The van der Waals surface area contributed by atoms with Gasteiger partial charge >= 0.3 is 0 Å². The number of hydrogen-bond donors (Lipinski definition) is 1. The zero-order chi connectivity index (χ0) is 12.3. The number of aryl methyl sites for hydroxylation is 1. The van der Waals surface area contributed by atoms with Crippen LogP contribution in [-0.2, 0) is 6.42 Å². The molecule has 0 heterocycles. The van der Waals surface area contributed by atoms with Crippen molar-refractivity contribution in [3.05, 3.63) is 70.2 Å². The maximum Gasteiger partial charge on any atom is 0.0830 e. The Hall–Kier alpha value is -1.31. The Bertz CT molecular complexity index is 494. The molecule has 1 N–H and O–H groups in total. The van der Waals surface area contributed by atoms with Gasteiger partial charge in [-0.2, -0.15) is 0 Å². The van der Waals surface area contributed by atoms with Crippen molar-refractivity contribution in [2.45, 2.75) is 19.4 Å². The predicted octanol–water partition coefficient (Wildman–Crippen LogP) is 3.92. The predicted molar refractivity (Wildman–Crippen MR) is 71.3 cm³/mol. The van der Waals surface area contributed by atoms with E-state index >= 15 is 0 Å². The van der Waals surface area contributed by atoms with Crippen LogP contribution in [0.4, 0.5) is 0 Å². The van der Waals surface area contributed by atoms with Crippen LogP contribution in [0.3, 0.4) is 0 Å². The second kappa shape index (κ2) is 5.35. The minimum atomic E-state index is -0.478. The highest BCUT2D eigenvalue weighted by atomic mass is 35.5. The highest BCUT2D eigenvalue weighted by molar-refractivity contribution is 6.31. The van der Waals surface area contributed by atoms with Crippen LogP contribution in [0.5, 0.6) is 0 Å². The Morgan fingerprint density at radius 3 is 2.47 bits per heavy atom. The first-order chi connectivity index (χ1) is 8.16. The van der Waals surface area contributed by atoms with Gasteiger partial charge in [-0.15, -0.1) is 0 Å². The van der Waals surface area contributed by atoms with Crippen LogP contribution in [0.15, 0.2) is 48.5 Å². The van der Waals surface area contributed by atoms with Crippen LogP contribution in [0, 0.1) is 6.92 Å². The Morgan fingerprint density at radius 2 is 1.82 bits per heavy atom. The lowest BCUT2D eigenvalue weighted by Gasteiger charge is -2.12. The molecule has 1 nitrogen and oxygen atoms in total. The fourth-order valence-electron chi connectivity index (χ4n) is 1.83. The summed E-state index contributed by atoms with van der Waals surface area (Å²) in [6.07, 6.45) is 0.149. The molecule has 0 aliphatic heterocycles. The van der Waals surface area contributed by atoms with Gasteiger partial charge < -0.3 is 5.11 Å². The van der Waals surface area contributed by atoms with Crippen LogP contribution in [0.25, 0.3) is 0 Å². The Balaban J connectivity index is 2.14. The molecule has 0 fully saturated rings. The van der Waals surface area contributed by atoms with E-state index in [1.807, 2.05) is 55.5 Å². The molecule has 0 saturated heterocycles. The Labute approximate surface area is 107 Å². The lowest BCUT2D eigenvalue weighted by molar-refractivity contribution is 0.178. The van der Waals surface area contributed by atoms with Gasteiger partial charge in [0.25, 0.3) is 0 Å². The Morgan fingerprint density at radius 1 is 1.12 bits per heavy atom. The molecule has 2 rings (SSSR count). The molecule has 0 aromatic heterocycles. The number of rotatable bonds is 3. The lowest BCUT2D eigenvalue weighted by atomic mass is 10.0. The standard InChI is InChI=1S/C15H15ClO/c1-11-9-13(7-8-14(11)16)15(17)10-12-5-3-2-4-6-12/h2-9,15,17H,10H2,1H3. The normalized spacial score (nSPS) is 12.4. The molecule has 0 saturated carbocycles. The smallest absolute Gasteiger partial charge is 0.0830 e. The zero-order valence-electron chi connectivity index (χ0n) is 9.73. The summed E-state index contributed by atoms with van der Waals surface area (Å²) in [5.74, 6) is 0. The van der Waals surface area contributed by atoms with Gasteiger partial charge in [-0.05, 0) is 29.7 Å². The molecule has 2 aromatic rings. The van der Waals surface area contributed by atoms with Crippen molar-refractivity contribution in [3.8, 4) is 0 Å². The minimum Gasteiger partial charge on any atom is -0.388 e. The monoisotopic (exact) mass is 246 g/mol. The molecule has 2 heteroatoms. The minimum absolute atomic E-state index is 0.478. The first-order valence-corrected chi connectivity index (χ1v) is 6.02. The first-order valence-electron chi connectivity index (χ1n) is 5.65. The molecule has 0 amide bonds. The van der Waals surface area contributed by atoms with E-state index in [2.05, 4.69) is 0 Å². The Kier molecular flexibility index (Phi) is 3.82. The van der Waals surface area contributed by atoms with Crippen molar-refractivity contribution < 1.29 is 5.11 Å². The highest BCUT2D eigenvalue weighted by Crippen LogP contribution is 2.23. The molecule has 0 radical (unpaired) electrons. The fraction of sp³-hybridized carbons (Fsp3) is 0.200. The van der Waals surface area contributed by atoms with E-state index in [1.54, 1.807) is 0 Å². The van der Waals surface area contributed by atoms with Crippen molar-refractivity contribution >= 4 is 11.6 Å². The molecule has 0 spiro atoms. The second-order valence-corrected chi connectivity index (χ2v) is 4.62. The molecule has 1 unspecified atom stereocenters. The topological polar surface area (TPSA) is 20.2 Å². The number of benzene rings is 2. The number of aliphatic hydroxyl groups excluding tert-OH is 1. The van der Waals surface area contributed by atoms with Crippen LogP contribution in [0.1, 0.15) is 22.8 Å². The van der Waals surface area contributed by atoms with Gasteiger partial charge in [0, 0.05) is 11.4 Å². The van der Waals surface area contributed by atoms with Gasteiger partial charge in [0.2, 0.25) is 0 Å². The van der Waals surface area contributed by atoms with Crippen molar-refractivity contribution in [1.82, 2.24) is 0 Å². The number of hydrogen-bond acceptors (Lipinski definition) is 1. The maximum atomic E-state index is 10.1. The van der Waals surface area contributed by atoms with Gasteiger partial charge in [0.15, 0.2) is 0 Å². The van der Waals surface area contributed by atoms with Gasteiger partial charge in [-0.3, -0.25) is 0 Å². The molecule has 1 atom stereocenters. The van der Waals surface area contributed by atoms with E-state index in [0.29, 0.717) is 6.42 Å². The van der Waals surface area contributed by atoms with Gasteiger partial charge in [0.1, 0.15) is 0 Å². The molecule has 0 bridgehead atoms. The molecule has 0 aliphatic carbocycles. The third-order valence-electron chi connectivity index (χ3n) is 2.84. The summed E-state index contributed by atoms with van der Waals surface area (Å²) in [5, 5.41) is 10.9. The second-order valence-electron chi connectivity index (χ2n) is 4.21. The van der Waals surface area contributed by atoms with Gasteiger partial charge in [0.05, 0.1) is 6.10 Å². The third kappa shape index (κ3) is 3.09. The van der Waals surface area contributed by atoms with Gasteiger partial charge in [-0.1, -0.05) is 54.1 Å². The van der Waals surface area contributed by atoms with Crippen molar-refractivity contribution in [2.75, 3.05) is 0 Å². The van der Waals surface area contributed by atoms with E-state index < -0.39 is 6.10 Å². The average Bonchev–Trinajstić information content (AvgIpc) is 2.34. The fourth-order valence-corrected chi connectivity index (χ4v) is 1.95. The summed E-state index contributed by atoms with van der Waals surface area (Å²) in [5.41, 5.74) is 3.04. The zero-order valence-corrected chi connectivity index (χ0v) is 10.5. The molecule has 17 heavy (non-hydrogen) atoms. The highest BCUT2D eigenvalue weighted by Gasteiger charge is 2.09. The van der Waals surface area contributed by atoms with Crippen LogP contribution in [0.2, 0.25) is 5.02 Å². The number of aliphatic hydroxyl groups is 1. The summed E-state index contributed by atoms with van der Waals surface area (Å²) in [4.78, 5) is 0. The quantitative estimate of drug-likeness (QED) is 0.870. The van der Waals surface area contributed by atoms with Crippen molar-refractivity contribution in [2.24, 2.45) is 0 Å². The summed E-state index contributed by atoms with van der Waals surface area (Å²) >= 11 is 5.96. The summed E-state index contributed by atoms with van der Waals surface area (Å²) in [6, 6.07) is 15.6. The summed E-state index contributed by atoms with van der Waals surface area (Å²) < 4.78 is 0. The molecule has 0 aliphatic rings. The molecular weight excluding hydrogens is 232 g/mol. The third-order valence-corrected chi connectivity index (χ3v) is 3.26. The van der Waals surface area contributed by atoms with Crippen molar-refractivity contribution in [3.63, 3.8) is 0 Å². The largest absolute Gasteiger partial charge is 0.388 e. The molecule has 88 valence electrons.